The van der Waals surface area contributed by atoms with Gasteiger partial charge in [0.25, 0.3) is 5.56 Å². The molecule has 0 saturated heterocycles. The predicted octanol–water partition coefficient (Wildman–Crippen LogP) is 7.43. The van der Waals surface area contributed by atoms with E-state index in [0.717, 1.165) is 52.4 Å². The van der Waals surface area contributed by atoms with Crippen molar-refractivity contribution in [3.63, 3.8) is 0 Å². The summed E-state index contributed by atoms with van der Waals surface area (Å²) >= 11 is 7.11. The largest absolute Gasteiger partial charge is 0.490 e. The zero-order valence-corrected chi connectivity index (χ0v) is 23.6. The fourth-order valence-electron chi connectivity index (χ4n) is 4.35. The van der Waals surface area contributed by atoms with Crippen molar-refractivity contribution in [1.82, 2.24) is 9.66 Å². The number of halogens is 2. The summed E-state index contributed by atoms with van der Waals surface area (Å²) in [4.78, 5) is 18.5. The SMILES string of the molecule is CCOc1cc(C=Nn2c(C3CCCCC3)nc3ccc(Br)cc3c2=O)cc(Br)c1O[C@H](C)CC. The molecule has 0 aliphatic heterocycles. The van der Waals surface area contributed by atoms with Crippen molar-refractivity contribution in [1.29, 1.82) is 0 Å². The van der Waals surface area contributed by atoms with Crippen molar-refractivity contribution >= 4 is 49.0 Å². The van der Waals surface area contributed by atoms with Gasteiger partial charge in [0.15, 0.2) is 11.5 Å². The Labute approximate surface area is 223 Å². The standard InChI is InChI=1S/C27H31Br2N3O3/c1-4-17(3)35-25-22(29)13-18(14-24(25)34-5-2)16-30-32-26(19-9-7-6-8-10-19)31-23-12-11-20(28)15-21(23)27(32)33/h11-17,19H,4-10H2,1-3H3/t17-/m1/s1. The summed E-state index contributed by atoms with van der Waals surface area (Å²) in [5.74, 6) is 2.28. The molecule has 0 bridgehead atoms. The van der Waals surface area contributed by atoms with Crippen LogP contribution in [0.1, 0.15) is 76.6 Å². The molecule has 1 fully saturated rings. The lowest BCUT2D eigenvalue weighted by Gasteiger charge is -2.22. The maximum Gasteiger partial charge on any atom is 0.282 e. The first-order chi connectivity index (χ1) is 16.9. The van der Waals surface area contributed by atoms with E-state index in [9.17, 15) is 4.79 Å². The molecule has 0 amide bonds. The molecule has 0 unspecified atom stereocenters. The summed E-state index contributed by atoms with van der Waals surface area (Å²) in [6.45, 7) is 6.56. The minimum absolute atomic E-state index is 0.0599. The van der Waals surface area contributed by atoms with E-state index in [4.69, 9.17) is 14.5 Å². The predicted molar refractivity (Wildman–Crippen MR) is 148 cm³/mol. The first kappa shape index (κ1) is 25.9. The van der Waals surface area contributed by atoms with Crippen LogP contribution in [0.4, 0.5) is 0 Å². The zero-order valence-electron chi connectivity index (χ0n) is 20.4. The minimum atomic E-state index is -0.158. The molecule has 1 aliphatic rings. The molecule has 0 spiro atoms. The number of rotatable bonds is 8. The fourth-order valence-corrected chi connectivity index (χ4v) is 5.27. The molecular weight excluding hydrogens is 574 g/mol. The Kier molecular flexibility index (Phi) is 8.65. The fraction of sp³-hybridized carbons (Fsp3) is 0.444. The van der Waals surface area contributed by atoms with Gasteiger partial charge >= 0.3 is 0 Å². The van der Waals surface area contributed by atoms with E-state index in [1.165, 1.54) is 11.1 Å². The van der Waals surface area contributed by atoms with Gasteiger partial charge in [0.1, 0.15) is 5.82 Å². The highest BCUT2D eigenvalue weighted by atomic mass is 79.9. The van der Waals surface area contributed by atoms with E-state index in [2.05, 4.69) is 43.9 Å². The monoisotopic (exact) mass is 603 g/mol. The van der Waals surface area contributed by atoms with E-state index < -0.39 is 0 Å². The molecule has 8 heteroatoms. The van der Waals surface area contributed by atoms with E-state index in [1.54, 1.807) is 6.21 Å². The summed E-state index contributed by atoms with van der Waals surface area (Å²) < 4.78 is 15.1. The molecule has 35 heavy (non-hydrogen) atoms. The number of nitrogens with zero attached hydrogens (tertiary/aromatic N) is 3. The maximum absolute atomic E-state index is 13.5. The third kappa shape index (κ3) is 5.97. The molecule has 186 valence electrons. The molecule has 1 atom stereocenters. The van der Waals surface area contributed by atoms with Gasteiger partial charge in [0, 0.05) is 10.4 Å². The van der Waals surface area contributed by atoms with Crippen LogP contribution in [0.15, 0.2) is 49.2 Å². The Bertz CT molecular complexity index is 1280. The number of benzene rings is 2. The average Bonchev–Trinajstić information content (AvgIpc) is 2.86. The maximum atomic E-state index is 13.5. The lowest BCUT2D eigenvalue weighted by molar-refractivity contribution is 0.202. The second-order valence-corrected chi connectivity index (χ2v) is 10.7. The molecule has 1 heterocycles. The third-order valence-electron chi connectivity index (χ3n) is 6.35. The number of fused-ring (bicyclic) bond motifs is 1. The second-order valence-electron chi connectivity index (χ2n) is 8.93. The summed E-state index contributed by atoms with van der Waals surface area (Å²) in [7, 11) is 0. The average molecular weight is 605 g/mol. The molecular formula is C27H31Br2N3O3. The van der Waals surface area contributed by atoms with E-state index in [-0.39, 0.29) is 17.6 Å². The van der Waals surface area contributed by atoms with Crippen LogP contribution in [0.2, 0.25) is 0 Å². The summed E-state index contributed by atoms with van der Waals surface area (Å²) in [6, 6.07) is 9.45. The van der Waals surface area contributed by atoms with E-state index in [1.807, 2.05) is 44.2 Å². The van der Waals surface area contributed by atoms with Gasteiger partial charge in [-0.3, -0.25) is 4.79 Å². The Balaban J connectivity index is 1.79. The van der Waals surface area contributed by atoms with Crippen molar-refractivity contribution in [3.8, 4) is 11.5 Å². The molecule has 4 rings (SSSR count). The number of ether oxygens (including phenoxy) is 2. The smallest absolute Gasteiger partial charge is 0.282 e. The van der Waals surface area contributed by atoms with Crippen molar-refractivity contribution in [2.75, 3.05) is 6.61 Å². The molecule has 1 aliphatic carbocycles. The topological polar surface area (TPSA) is 65.7 Å². The highest BCUT2D eigenvalue weighted by Crippen LogP contribution is 2.38. The molecule has 2 aromatic carbocycles. The quantitative estimate of drug-likeness (QED) is 0.251. The zero-order chi connectivity index (χ0) is 24.9. The normalized spacial score (nSPS) is 15.6. The Morgan fingerprint density at radius 3 is 2.66 bits per heavy atom. The van der Waals surface area contributed by atoms with Crippen LogP contribution in [0.25, 0.3) is 10.9 Å². The van der Waals surface area contributed by atoms with Gasteiger partial charge in [0.2, 0.25) is 0 Å². The number of hydrogen-bond donors (Lipinski definition) is 0. The van der Waals surface area contributed by atoms with Gasteiger partial charge in [-0.05, 0) is 84.9 Å². The van der Waals surface area contributed by atoms with Gasteiger partial charge in [-0.2, -0.15) is 9.78 Å². The first-order valence-corrected chi connectivity index (χ1v) is 13.9. The van der Waals surface area contributed by atoms with Gasteiger partial charge in [-0.15, -0.1) is 0 Å². The van der Waals surface area contributed by atoms with Crippen LogP contribution >= 0.6 is 31.9 Å². The molecule has 0 N–H and O–H groups in total. The van der Waals surface area contributed by atoms with Crippen LogP contribution in [-0.4, -0.2) is 28.6 Å². The van der Waals surface area contributed by atoms with Crippen LogP contribution in [-0.2, 0) is 0 Å². The molecule has 1 aromatic heterocycles. The van der Waals surface area contributed by atoms with Crippen molar-refractivity contribution < 1.29 is 9.47 Å². The highest BCUT2D eigenvalue weighted by molar-refractivity contribution is 9.10. The highest BCUT2D eigenvalue weighted by Gasteiger charge is 2.22. The van der Waals surface area contributed by atoms with E-state index >= 15 is 0 Å². The number of aromatic nitrogens is 2. The minimum Gasteiger partial charge on any atom is -0.490 e. The Morgan fingerprint density at radius 1 is 1.17 bits per heavy atom. The molecule has 0 radical (unpaired) electrons. The van der Waals surface area contributed by atoms with Gasteiger partial charge < -0.3 is 9.47 Å². The van der Waals surface area contributed by atoms with E-state index in [0.29, 0.717) is 29.0 Å². The molecule has 6 nitrogen and oxygen atoms in total. The lowest BCUT2D eigenvalue weighted by Crippen LogP contribution is -2.25. The van der Waals surface area contributed by atoms with Crippen molar-refractivity contribution in [2.24, 2.45) is 5.10 Å². The van der Waals surface area contributed by atoms with Gasteiger partial charge in [-0.1, -0.05) is 42.1 Å². The Morgan fingerprint density at radius 2 is 1.94 bits per heavy atom. The van der Waals surface area contributed by atoms with Crippen LogP contribution < -0.4 is 15.0 Å². The summed E-state index contributed by atoms with van der Waals surface area (Å²) in [6.07, 6.45) is 8.19. The van der Waals surface area contributed by atoms with Gasteiger partial charge in [0.05, 0.1) is 34.3 Å². The summed E-state index contributed by atoms with van der Waals surface area (Å²) in [5, 5.41) is 5.21. The van der Waals surface area contributed by atoms with Crippen LogP contribution in [0, 0.1) is 0 Å². The molecule has 1 saturated carbocycles. The molecule has 3 aromatic rings. The van der Waals surface area contributed by atoms with Gasteiger partial charge in [-0.25, -0.2) is 4.98 Å². The lowest BCUT2D eigenvalue weighted by atomic mass is 9.88. The summed E-state index contributed by atoms with van der Waals surface area (Å²) in [5.41, 5.74) is 1.35. The van der Waals surface area contributed by atoms with Crippen molar-refractivity contribution in [3.05, 3.63) is 61.0 Å². The second kappa shape index (κ2) is 11.7. The third-order valence-corrected chi connectivity index (χ3v) is 7.43. The number of hydrogen-bond acceptors (Lipinski definition) is 5. The Hall–Kier alpha value is -2.19. The first-order valence-electron chi connectivity index (χ1n) is 12.3. The van der Waals surface area contributed by atoms with Crippen LogP contribution in [0.5, 0.6) is 11.5 Å². The van der Waals surface area contributed by atoms with Crippen molar-refractivity contribution in [2.45, 2.75) is 71.3 Å². The van der Waals surface area contributed by atoms with Crippen LogP contribution in [0.3, 0.4) is 0 Å².